The number of rotatable bonds is 9. The Balaban J connectivity index is 1.95. The van der Waals surface area contributed by atoms with Gasteiger partial charge in [0.25, 0.3) is 5.91 Å². The minimum atomic E-state index is -1.16. The number of carboxylic acid groups (broad SMARTS) is 1. The number of nitrogens with zero attached hydrogens (tertiary/aromatic N) is 1. The number of carbonyl (C=O) groups excluding carboxylic acids is 2. The number of hydrogen-bond acceptors (Lipinski definition) is 3. The molecule has 1 N–H and O–H groups in total. The van der Waals surface area contributed by atoms with Crippen LogP contribution in [0.15, 0.2) is 54.6 Å². The van der Waals surface area contributed by atoms with Gasteiger partial charge in [0.05, 0.1) is 33.7 Å². The van der Waals surface area contributed by atoms with Gasteiger partial charge in [0, 0.05) is 18.0 Å². The fourth-order valence-electron chi connectivity index (χ4n) is 3.05. The molecule has 0 aromatic heterocycles. The normalized spacial score (nSPS) is 12.4. The number of hydrogen-bond donors (Lipinski definition) is 1. The van der Waals surface area contributed by atoms with E-state index in [9.17, 15) is 14.7 Å². The molecular formula is C22H28N2O3. The summed E-state index contributed by atoms with van der Waals surface area (Å²) in [4.78, 5) is 23.5. The molecule has 0 fully saturated rings. The highest BCUT2D eigenvalue weighted by molar-refractivity contribution is 5.94. The maximum Gasteiger partial charge on any atom is 0.251 e. The van der Waals surface area contributed by atoms with Gasteiger partial charge in [-0.05, 0) is 36.1 Å². The van der Waals surface area contributed by atoms with Crippen molar-refractivity contribution in [1.29, 1.82) is 0 Å². The number of quaternary nitrogens is 1. The van der Waals surface area contributed by atoms with E-state index in [1.165, 1.54) is 5.56 Å². The molecular weight excluding hydrogens is 340 g/mol. The molecule has 2 aromatic carbocycles. The molecule has 144 valence electrons. The molecule has 2 aromatic rings. The van der Waals surface area contributed by atoms with E-state index in [0.29, 0.717) is 16.6 Å². The second-order valence-electron chi connectivity index (χ2n) is 7.90. The number of aliphatic carboxylic acids is 1. The van der Waals surface area contributed by atoms with E-state index in [-0.39, 0.29) is 12.3 Å². The van der Waals surface area contributed by atoms with E-state index in [2.05, 4.69) is 17.4 Å². The molecule has 0 spiro atoms. The number of carboxylic acids is 1. The summed E-state index contributed by atoms with van der Waals surface area (Å²) >= 11 is 0. The predicted molar refractivity (Wildman–Crippen MR) is 104 cm³/mol. The third kappa shape index (κ3) is 7.62. The first-order chi connectivity index (χ1) is 12.7. The zero-order valence-corrected chi connectivity index (χ0v) is 16.3. The molecule has 27 heavy (non-hydrogen) atoms. The largest absolute Gasteiger partial charge is 0.550 e. The highest BCUT2D eigenvalue weighted by Crippen LogP contribution is 2.10. The lowest BCUT2D eigenvalue weighted by molar-refractivity contribution is -0.871. The van der Waals surface area contributed by atoms with Crippen LogP contribution in [0.4, 0.5) is 0 Å². The summed E-state index contributed by atoms with van der Waals surface area (Å²) in [7, 11) is 5.86. The van der Waals surface area contributed by atoms with Gasteiger partial charge < -0.3 is 19.7 Å². The molecule has 0 aliphatic rings. The lowest BCUT2D eigenvalue weighted by Gasteiger charge is -2.30. The number of amides is 1. The van der Waals surface area contributed by atoms with Gasteiger partial charge in [-0.1, -0.05) is 42.5 Å². The van der Waals surface area contributed by atoms with Crippen molar-refractivity contribution in [2.24, 2.45) is 0 Å². The lowest BCUT2D eigenvalue weighted by Crippen LogP contribution is -2.50. The fourth-order valence-corrected chi connectivity index (χ4v) is 3.05. The van der Waals surface area contributed by atoms with Crippen molar-refractivity contribution < 1.29 is 19.2 Å². The van der Waals surface area contributed by atoms with Crippen molar-refractivity contribution in [2.75, 3.05) is 27.7 Å². The monoisotopic (exact) mass is 368 g/mol. The number of nitrogens with one attached hydrogen (secondary N) is 1. The van der Waals surface area contributed by atoms with Gasteiger partial charge in [-0.15, -0.1) is 0 Å². The Morgan fingerprint density at radius 3 is 2.00 bits per heavy atom. The van der Waals surface area contributed by atoms with Crippen molar-refractivity contribution in [3.05, 3.63) is 71.3 Å². The summed E-state index contributed by atoms with van der Waals surface area (Å²) in [6, 6.07) is 17.3. The van der Waals surface area contributed by atoms with Gasteiger partial charge in [0.15, 0.2) is 0 Å². The van der Waals surface area contributed by atoms with Gasteiger partial charge in [-0.25, -0.2) is 0 Å². The molecule has 0 aliphatic carbocycles. The average molecular weight is 368 g/mol. The highest BCUT2D eigenvalue weighted by atomic mass is 16.4. The van der Waals surface area contributed by atoms with E-state index in [1.807, 2.05) is 51.5 Å². The lowest BCUT2D eigenvalue weighted by atomic mass is 10.0. The Hall–Kier alpha value is -2.66. The summed E-state index contributed by atoms with van der Waals surface area (Å²) in [5, 5.41) is 13.8. The van der Waals surface area contributed by atoms with Crippen LogP contribution in [0.3, 0.4) is 0 Å². The molecule has 0 bridgehead atoms. The van der Waals surface area contributed by atoms with E-state index >= 15 is 0 Å². The summed E-state index contributed by atoms with van der Waals surface area (Å²) in [5.41, 5.74) is 2.97. The van der Waals surface area contributed by atoms with Crippen LogP contribution < -0.4 is 10.4 Å². The molecule has 1 amide bonds. The molecule has 0 saturated heterocycles. The van der Waals surface area contributed by atoms with Gasteiger partial charge in [-0.3, -0.25) is 4.79 Å². The number of benzene rings is 2. The van der Waals surface area contributed by atoms with Crippen molar-refractivity contribution in [3.8, 4) is 0 Å². The number of carbonyl (C=O) groups is 2. The van der Waals surface area contributed by atoms with E-state index in [4.69, 9.17) is 0 Å². The van der Waals surface area contributed by atoms with E-state index in [1.54, 1.807) is 12.1 Å². The van der Waals surface area contributed by atoms with Gasteiger partial charge >= 0.3 is 0 Å². The first-order valence-electron chi connectivity index (χ1n) is 9.17. The van der Waals surface area contributed by atoms with Crippen LogP contribution in [0.5, 0.6) is 0 Å². The summed E-state index contributed by atoms with van der Waals surface area (Å²) in [6.45, 7) is 0.509. The van der Waals surface area contributed by atoms with E-state index in [0.717, 1.165) is 18.4 Å². The van der Waals surface area contributed by atoms with Crippen LogP contribution in [0, 0.1) is 0 Å². The third-order valence-electron chi connectivity index (χ3n) is 4.28. The molecule has 5 nitrogen and oxygen atoms in total. The van der Waals surface area contributed by atoms with Crippen LogP contribution in [-0.2, 0) is 17.6 Å². The Morgan fingerprint density at radius 2 is 1.48 bits per heavy atom. The zero-order chi connectivity index (χ0) is 19.9. The molecule has 2 rings (SSSR count). The van der Waals surface area contributed by atoms with Gasteiger partial charge in [-0.2, -0.15) is 0 Å². The topological polar surface area (TPSA) is 69.2 Å². The standard InChI is InChI=1S/C22H28N2O3/c1-24(2,3)16-20(15-21(25)26)23-22(27)19-13-11-18(12-14-19)10-9-17-7-5-4-6-8-17/h4-8,11-14,20H,9-10,15-16H2,1-3H3,(H-,23,25,26,27). The first kappa shape index (κ1) is 20.6. The smallest absolute Gasteiger partial charge is 0.251 e. The van der Waals surface area contributed by atoms with Crippen LogP contribution in [0.1, 0.15) is 27.9 Å². The Morgan fingerprint density at radius 1 is 0.926 bits per heavy atom. The Kier molecular flexibility index (Phi) is 7.13. The van der Waals surface area contributed by atoms with Crippen molar-refractivity contribution in [2.45, 2.75) is 25.3 Å². The Bertz CT molecular complexity index is 749. The summed E-state index contributed by atoms with van der Waals surface area (Å²) in [6.07, 6.45) is 1.65. The molecule has 5 heteroatoms. The first-order valence-corrected chi connectivity index (χ1v) is 9.17. The summed E-state index contributed by atoms with van der Waals surface area (Å²) in [5.74, 6) is -1.42. The SMILES string of the molecule is C[N+](C)(C)CC(CC(=O)[O-])NC(=O)c1ccc(CCc2ccccc2)cc1. The summed E-state index contributed by atoms with van der Waals surface area (Å²) < 4.78 is 0.552. The van der Waals surface area contributed by atoms with Gasteiger partial charge in [0.1, 0.15) is 0 Å². The molecule has 1 unspecified atom stereocenters. The van der Waals surface area contributed by atoms with Crippen LogP contribution >= 0.6 is 0 Å². The molecule has 0 aliphatic heterocycles. The van der Waals surface area contributed by atoms with Crippen molar-refractivity contribution >= 4 is 11.9 Å². The number of aryl methyl sites for hydroxylation is 2. The predicted octanol–water partition coefficient (Wildman–Crippen LogP) is 1.42. The van der Waals surface area contributed by atoms with Crippen molar-refractivity contribution in [1.82, 2.24) is 5.32 Å². The fraction of sp³-hybridized carbons (Fsp3) is 0.364. The quantitative estimate of drug-likeness (QED) is 0.681. The maximum atomic E-state index is 12.5. The molecule has 0 saturated carbocycles. The van der Waals surface area contributed by atoms with Gasteiger partial charge in [0.2, 0.25) is 0 Å². The molecule has 1 atom stereocenters. The minimum absolute atomic E-state index is 0.198. The zero-order valence-electron chi connectivity index (χ0n) is 16.3. The number of likely N-dealkylation sites (N-methyl/N-ethyl adjacent to an activating group) is 1. The maximum absolute atomic E-state index is 12.5. The van der Waals surface area contributed by atoms with Crippen LogP contribution in [0.25, 0.3) is 0 Å². The Labute approximate surface area is 161 Å². The second-order valence-corrected chi connectivity index (χ2v) is 7.90. The minimum Gasteiger partial charge on any atom is -0.550 e. The highest BCUT2D eigenvalue weighted by Gasteiger charge is 2.21. The third-order valence-corrected chi connectivity index (χ3v) is 4.28. The molecule has 0 radical (unpaired) electrons. The van der Waals surface area contributed by atoms with E-state index < -0.39 is 12.0 Å². The van der Waals surface area contributed by atoms with Crippen LogP contribution in [-0.4, -0.2) is 50.1 Å². The molecule has 0 heterocycles. The second kappa shape index (κ2) is 9.33. The average Bonchev–Trinajstić information content (AvgIpc) is 2.59. The van der Waals surface area contributed by atoms with Crippen LogP contribution in [0.2, 0.25) is 0 Å². The van der Waals surface area contributed by atoms with Crippen molar-refractivity contribution in [3.63, 3.8) is 0 Å².